The minimum absolute atomic E-state index is 0.0954. The molecule has 2 fully saturated rings. The van der Waals surface area contributed by atoms with Crippen LogP contribution in [0.3, 0.4) is 0 Å². The number of aromatic nitrogens is 3. The lowest BCUT2D eigenvalue weighted by Crippen LogP contribution is -2.58. The molecule has 0 atom stereocenters. The van der Waals surface area contributed by atoms with Crippen LogP contribution in [0.25, 0.3) is 22.3 Å². The minimum Gasteiger partial charge on any atom is -0.497 e. The Labute approximate surface area is 292 Å². The summed E-state index contributed by atoms with van der Waals surface area (Å²) in [6, 6.07) is 13.6. The molecule has 2 aromatic carbocycles. The average Bonchev–Trinajstić information content (AvgIpc) is 3.10. The number of likely N-dealkylation sites (tertiary alicyclic amines) is 1. The molecule has 264 valence electrons. The first-order valence-corrected chi connectivity index (χ1v) is 16.4. The number of amides is 2. The molecule has 12 nitrogen and oxygen atoms in total. The molecule has 13 heteroatoms. The lowest BCUT2D eigenvalue weighted by molar-refractivity contribution is -0.138. The number of carbonyl (C=O) groups is 2. The summed E-state index contributed by atoms with van der Waals surface area (Å²) in [4.78, 5) is 44.0. The predicted octanol–water partition coefficient (Wildman–Crippen LogP) is 4.71. The Morgan fingerprint density at radius 3 is 2.26 bits per heavy atom. The van der Waals surface area contributed by atoms with Gasteiger partial charge < -0.3 is 34.4 Å². The first-order chi connectivity index (χ1) is 24.0. The number of piperazine rings is 1. The van der Waals surface area contributed by atoms with E-state index in [1.165, 1.54) is 17.9 Å². The maximum atomic E-state index is 13.0. The second-order valence-corrected chi connectivity index (χ2v) is 12.9. The number of carbonyl (C=O) groups excluding carboxylic acids is 2. The molecule has 50 heavy (non-hydrogen) atoms. The van der Waals surface area contributed by atoms with Gasteiger partial charge in [0.15, 0.2) is 0 Å². The number of fused-ring (bicyclic) bond motifs is 1. The molecular weight excluding hydrogens is 639 g/mol. The molecule has 1 N–H and O–H groups in total. The van der Waals surface area contributed by atoms with Crippen LogP contribution in [0.4, 0.5) is 21.6 Å². The van der Waals surface area contributed by atoms with Crippen LogP contribution in [-0.2, 0) is 9.59 Å². The first kappa shape index (κ1) is 36.0. The van der Waals surface area contributed by atoms with Crippen LogP contribution < -0.4 is 19.7 Å². The molecule has 0 spiro atoms. The number of pyridine rings is 1. The summed E-state index contributed by atoms with van der Waals surface area (Å²) in [6.07, 6.45) is 7.85. The van der Waals surface area contributed by atoms with E-state index < -0.39 is 5.67 Å². The van der Waals surface area contributed by atoms with Crippen molar-refractivity contribution in [1.29, 1.82) is 0 Å². The number of likely N-dealkylation sites (N-methyl/N-ethyl adjacent to an activating group) is 1. The summed E-state index contributed by atoms with van der Waals surface area (Å²) >= 11 is 0. The third kappa shape index (κ3) is 9.23. The van der Waals surface area contributed by atoms with Gasteiger partial charge in [0.1, 0.15) is 23.0 Å². The SMILES string of the molecule is CN(C)C/C=C/C(=O)N1CC(C)(F)C1.COc1cc(Nc2ccc3ncc(-c4cnc(N5CCN(C=O)CC5)cc4C)nc3c2)cc(OC)c1. The number of rotatable bonds is 10. The van der Waals surface area contributed by atoms with Crippen molar-refractivity contribution in [1.82, 2.24) is 29.7 Å². The number of hydrogen-bond donors (Lipinski definition) is 1. The molecule has 6 rings (SSSR count). The topological polar surface area (TPSA) is 116 Å². The van der Waals surface area contributed by atoms with Gasteiger partial charge in [-0.3, -0.25) is 14.6 Å². The Kier molecular flexibility index (Phi) is 11.5. The van der Waals surface area contributed by atoms with Crippen LogP contribution in [0, 0.1) is 6.92 Å². The number of hydrogen-bond acceptors (Lipinski definition) is 10. The van der Waals surface area contributed by atoms with Gasteiger partial charge >= 0.3 is 0 Å². The number of benzene rings is 2. The highest BCUT2D eigenvalue weighted by atomic mass is 19.1. The van der Waals surface area contributed by atoms with E-state index in [1.807, 2.05) is 61.6 Å². The van der Waals surface area contributed by atoms with Crippen molar-refractivity contribution in [3.8, 4) is 22.8 Å². The van der Waals surface area contributed by atoms with E-state index in [2.05, 4.69) is 28.2 Å². The molecule has 2 aromatic heterocycles. The van der Waals surface area contributed by atoms with E-state index in [-0.39, 0.29) is 19.0 Å². The van der Waals surface area contributed by atoms with Crippen LogP contribution >= 0.6 is 0 Å². The van der Waals surface area contributed by atoms with Gasteiger partial charge in [-0.05, 0) is 57.8 Å². The van der Waals surface area contributed by atoms with E-state index in [9.17, 15) is 14.0 Å². The van der Waals surface area contributed by atoms with Crippen molar-refractivity contribution >= 4 is 40.5 Å². The number of ether oxygens (including phenoxy) is 2. The van der Waals surface area contributed by atoms with Gasteiger partial charge in [-0.1, -0.05) is 6.08 Å². The predicted molar refractivity (Wildman–Crippen MR) is 194 cm³/mol. The number of halogens is 1. The summed E-state index contributed by atoms with van der Waals surface area (Å²) in [5.74, 6) is 2.23. The molecule has 2 aliphatic rings. The van der Waals surface area contributed by atoms with Gasteiger partial charge in [-0.25, -0.2) is 14.4 Å². The highest BCUT2D eigenvalue weighted by Gasteiger charge is 2.40. The van der Waals surface area contributed by atoms with Gasteiger partial charge in [0.2, 0.25) is 12.3 Å². The highest BCUT2D eigenvalue weighted by Crippen LogP contribution is 2.30. The van der Waals surface area contributed by atoms with Crippen LogP contribution in [0.1, 0.15) is 12.5 Å². The average molecular weight is 685 g/mol. The third-order valence-electron chi connectivity index (χ3n) is 8.43. The Bertz CT molecular complexity index is 1810. The van der Waals surface area contributed by atoms with Gasteiger partial charge in [-0.2, -0.15) is 0 Å². The molecule has 0 saturated carbocycles. The quantitative estimate of drug-likeness (QED) is 0.186. The second-order valence-electron chi connectivity index (χ2n) is 12.9. The summed E-state index contributed by atoms with van der Waals surface area (Å²) < 4.78 is 23.8. The van der Waals surface area contributed by atoms with Gasteiger partial charge in [-0.15, -0.1) is 0 Å². The van der Waals surface area contributed by atoms with Crippen molar-refractivity contribution in [2.45, 2.75) is 19.5 Å². The van der Waals surface area contributed by atoms with E-state index in [4.69, 9.17) is 19.4 Å². The van der Waals surface area contributed by atoms with Gasteiger partial charge in [0, 0.05) is 80.1 Å². The van der Waals surface area contributed by atoms with Crippen molar-refractivity contribution in [2.24, 2.45) is 0 Å². The van der Waals surface area contributed by atoms with Crippen molar-refractivity contribution in [3.05, 3.63) is 72.6 Å². The highest BCUT2D eigenvalue weighted by molar-refractivity contribution is 5.88. The monoisotopic (exact) mass is 684 g/mol. The number of nitrogens with one attached hydrogen (secondary N) is 1. The second kappa shape index (κ2) is 15.9. The lowest BCUT2D eigenvalue weighted by atomic mass is 9.99. The molecule has 0 radical (unpaired) electrons. The number of methoxy groups -OCH3 is 2. The van der Waals surface area contributed by atoms with Crippen LogP contribution in [-0.4, -0.2) is 122 Å². The standard InChI is InChI=1S/C27H28N6O3.C10H17FN2O/c1-18-10-27(33-8-6-32(17-34)7-9-33)29-15-23(18)26-16-28-24-5-4-19(13-25(24)31-26)30-20-11-21(35-2)14-22(12-20)36-3;1-10(11)7-13(8-10)9(14)5-4-6-12(2)3/h4-5,10-17,30H,6-9H2,1-3H3;4-5H,6-8H2,1-3H3/b;5-4+. The third-order valence-corrected chi connectivity index (χ3v) is 8.43. The Morgan fingerprint density at radius 1 is 0.960 bits per heavy atom. The zero-order valence-electron chi connectivity index (χ0n) is 29.5. The van der Waals surface area contributed by atoms with E-state index >= 15 is 0 Å². The normalized spacial score (nSPS) is 15.4. The summed E-state index contributed by atoms with van der Waals surface area (Å²) in [7, 11) is 7.11. The largest absolute Gasteiger partial charge is 0.497 e. The zero-order chi connectivity index (χ0) is 35.8. The molecule has 4 aromatic rings. The molecule has 0 bridgehead atoms. The summed E-state index contributed by atoms with van der Waals surface area (Å²) in [6.45, 7) is 7.71. The maximum Gasteiger partial charge on any atom is 0.246 e. The molecule has 4 heterocycles. The smallest absolute Gasteiger partial charge is 0.246 e. The van der Waals surface area contributed by atoms with E-state index in [0.717, 1.165) is 71.1 Å². The van der Waals surface area contributed by atoms with Gasteiger partial charge in [0.25, 0.3) is 0 Å². The molecular formula is C37H45FN8O4. The zero-order valence-corrected chi connectivity index (χ0v) is 29.5. The van der Waals surface area contributed by atoms with Crippen molar-refractivity contribution in [3.63, 3.8) is 0 Å². The Hall–Kier alpha value is -5.30. The lowest BCUT2D eigenvalue weighted by Gasteiger charge is -2.41. The number of aryl methyl sites for hydroxylation is 1. The van der Waals surface area contributed by atoms with E-state index in [0.29, 0.717) is 24.6 Å². The van der Waals surface area contributed by atoms with Crippen molar-refractivity contribution < 1.29 is 23.5 Å². The molecule has 0 aliphatic carbocycles. The summed E-state index contributed by atoms with van der Waals surface area (Å²) in [5.41, 5.74) is 4.92. The maximum absolute atomic E-state index is 13.0. The molecule has 0 unspecified atom stereocenters. The molecule has 2 aliphatic heterocycles. The molecule has 2 amide bonds. The summed E-state index contributed by atoms with van der Waals surface area (Å²) in [5, 5.41) is 3.40. The Morgan fingerprint density at radius 2 is 1.66 bits per heavy atom. The molecule has 2 saturated heterocycles. The van der Waals surface area contributed by atoms with Gasteiger partial charge in [0.05, 0.1) is 50.2 Å². The van der Waals surface area contributed by atoms with Crippen LogP contribution in [0.5, 0.6) is 11.5 Å². The fourth-order valence-corrected chi connectivity index (χ4v) is 5.68. The number of anilines is 3. The van der Waals surface area contributed by atoms with Crippen LogP contribution in [0.2, 0.25) is 0 Å². The fourth-order valence-electron chi connectivity index (χ4n) is 5.68. The fraction of sp³-hybridized carbons (Fsp3) is 0.378. The van der Waals surface area contributed by atoms with Crippen LogP contribution in [0.15, 0.2) is 67.0 Å². The van der Waals surface area contributed by atoms with E-state index in [1.54, 1.807) is 31.4 Å². The number of nitrogens with zero attached hydrogens (tertiary/aromatic N) is 7. The minimum atomic E-state index is -1.18. The first-order valence-electron chi connectivity index (χ1n) is 16.4. The van der Waals surface area contributed by atoms with Crippen molar-refractivity contribution in [2.75, 3.05) is 84.3 Å². The number of alkyl halides is 1. The Balaban J connectivity index is 0.000000292.